The molecule has 0 fully saturated rings. The van der Waals surface area contributed by atoms with Gasteiger partial charge in [-0.1, -0.05) is 0 Å². The Morgan fingerprint density at radius 2 is 1.53 bits per heavy atom. The molecule has 0 aromatic rings. The van der Waals surface area contributed by atoms with E-state index in [1.165, 1.54) is 13.8 Å². The molecule has 116 valence electrons. The van der Waals surface area contributed by atoms with Crippen molar-refractivity contribution >= 4 is 0 Å². The molecule has 0 aliphatic rings. The Morgan fingerprint density at radius 1 is 1.05 bits per heavy atom. The quantitative estimate of drug-likeness (QED) is 0.387. The minimum Gasteiger partial charge on any atom is -0.393 e. The van der Waals surface area contributed by atoms with Gasteiger partial charge in [0.2, 0.25) is 6.41 Å². The van der Waals surface area contributed by atoms with Crippen molar-refractivity contribution in [3.8, 4) is 0 Å². The summed E-state index contributed by atoms with van der Waals surface area (Å²) in [5.41, 5.74) is -0.711. The van der Waals surface area contributed by atoms with Gasteiger partial charge in [0.1, 0.15) is 6.10 Å². The first-order valence-corrected chi connectivity index (χ1v) is 6.31. The van der Waals surface area contributed by atoms with Crippen LogP contribution in [-0.2, 0) is 4.74 Å². The van der Waals surface area contributed by atoms with Gasteiger partial charge in [-0.15, -0.1) is 0 Å². The molecule has 0 rings (SSSR count). The molecule has 7 heteroatoms. The Morgan fingerprint density at radius 3 is 1.84 bits per heavy atom. The Balaban J connectivity index is 4.95. The molecule has 0 radical (unpaired) electrons. The van der Waals surface area contributed by atoms with Gasteiger partial charge in [0.25, 0.3) is 5.91 Å². The second-order valence-electron chi connectivity index (χ2n) is 5.75. The zero-order valence-corrected chi connectivity index (χ0v) is 12.2. The van der Waals surface area contributed by atoms with E-state index >= 15 is 0 Å². The molecule has 0 aliphatic heterocycles. The molecule has 3 unspecified atom stereocenters. The maximum atomic E-state index is 9.93. The zero-order valence-electron chi connectivity index (χ0n) is 12.2. The minimum absolute atomic E-state index is 0.0627. The summed E-state index contributed by atoms with van der Waals surface area (Å²) in [6, 6.07) is 0. The van der Waals surface area contributed by atoms with E-state index < -0.39 is 30.1 Å². The highest BCUT2D eigenvalue weighted by Crippen LogP contribution is 2.21. The highest BCUT2D eigenvalue weighted by atomic mass is 16.7. The van der Waals surface area contributed by atoms with Crippen LogP contribution in [0.3, 0.4) is 0 Å². The highest BCUT2D eigenvalue weighted by molar-refractivity contribution is 4.75. The second kappa shape index (κ2) is 6.94. The largest absolute Gasteiger partial charge is 0.393 e. The molecular weight excluding hydrogens is 254 g/mol. The van der Waals surface area contributed by atoms with Gasteiger partial charge in [-0.2, -0.15) is 0 Å². The monoisotopic (exact) mass is 281 g/mol. The fraction of sp³-hybridized carbons (Fsp3) is 1.00. The van der Waals surface area contributed by atoms with E-state index in [-0.39, 0.29) is 13.0 Å². The summed E-state index contributed by atoms with van der Waals surface area (Å²) in [5, 5.41) is 48.3. The van der Waals surface area contributed by atoms with Crippen molar-refractivity contribution < 1.29 is 30.3 Å². The van der Waals surface area contributed by atoms with Crippen LogP contribution in [0.15, 0.2) is 0 Å². The molecule has 0 saturated heterocycles. The third kappa shape index (κ3) is 6.62. The topological polar surface area (TPSA) is 114 Å². The number of hydrogen-bond donors (Lipinski definition) is 5. The Kier molecular flexibility index (Phi) is 6.84. The first-order chi connectivity index (χ1) is 8.38. The van der Waals surface area contributed by atoms with Gasteiger partial charge >= 0.3 is 0 Å². The summed E-state index contributed by atoms with van der Waals surface area (Å²) in [4.78, 5) is 0.787. The lowest BCUT2D eigenvalue weighted by Crippen LogP contribution is -2.61. The predicted molar refractivity (Wildman–Crippen MR) is 68.7 cm³/mol. The van der Waals surface area contributed by atoms with E-state index in [4.69, 9.17) is 4.74 Å². The van der Waals surface area contributed by atoms with Gasteiger partial charge < -0.3 is 30.3 Å². The van der Waals surface area contributed by atoms with E-state index in [1.807, 2.05) is 0 Å². The van der Waals surface area contributed by atoms with E-state index in [0.717, 1.165) is 4.90 Å². The normalized spacial score (nSPS) is 18.5. The average molecular weight is 281 g/mol. The van der Waals surface area contributed by atoms with Crippen LogP contribution in [0.25, 0.3) is 0 Å². The van der Waals surface area contributed by atoms with Crippen LogP contribution in [0.4, 0.5) is 0 Å². The Bertz CT molecular complexity index is 261. The van der Waals surface area contributed by atoms with E-state index in [2.05, 4.69) is 0 Å². The maximum absolute atomic E-state index is 9.93. The number of rotatable bonds is 7. The zero-order chi connectivity index (χ0) is 15.4. The second-order valence-corrected chi connectivity index (χ2v) is 5.75. The summed E-state index contributed by atoms with van der Waals surface area (Å²) in [5.74, 6) is -2.65. The number of ether oxygens (including phenoxy) is 1. The number of aliphatic hydroxyl groups is 5. The van der Waals surface area contributed by atoms with Crippen LogP contribution in [0, 0.1) is 0 Å². The van der Waals surface area contributed by atoms with Crippen LogP contribution >= 0.6 is 0 Å². The number of nitrogens with zero attached hydrogens (tertiary/aromatic N) is 1. The lowest BCUT2D eigenvalue weighted by molar-refractivity contribution is -0.381. The van der Waals surface area contributed by atoms with Gasteiger partial charge in [-0.25, -0.2) is 4.90 Å². The van der Waals surface area contributed by atoms with Crippen molar-refractivity contribution in [1.82, 2.24) is 4.90 Å². The highest BCUT2D eigenvalue weighted by Gasteiger charge is 2.42. The van der Waals surface area contributed by atoms with Crippen molar-refractivity contribution in [2.45, 2.75) is 71.2 Å². The summed E-state index contributed by atoms with van der Waals surface area (Å²) < 4.78 is 5.24. The van der Waals surface area contributed by atoms with Crippen LogP contribution in [0.5, 0.6) is 0 Å². The smallest absolute Gasteiger partial charge is 0.256 e. The average Bonchev–Trinajstić information content (AvgIpc) is 2.13. The SMILES string of the molecule is CC(O)CCN(C(O)OC(C)(C)C)C(O)(O)C(C)O. The lowest BCUT2D eigenvalue weighted by atomic mass is 10.2. The third-order valence-electron chi connectivity index (χ3n) is 2.50. The van der Waals surface area contributed by atoms with Gasteiger partial charge in [-0.3, -0.25) is 0 Å². The van der Waals surface area contributed by atoms with Crippen LogP contribution in [-0.4, -0.2) is 67.1 Å². The van der Waals surface area contributed by atoms with E-state index in [1.54, 1.807) is 20.8 Å². The van der Waals surface area contributed by atoms with Crippen molar-refractivity contribution in [1.29, 1.82) is 0 Å². The van der Waals surface area contributed by atoms with E-state index in [0.29, 0.717) is 0 Å². The molecule has 7 nitrogen and oxygen atoms in total. The van der Waals surface area contributed by atoms with Crippen molar-refractivity contribution in [2.24, 2.45) is 0 Å². The third-order valence-corrected chi connectivity index (χ3v) is 2.50. The molecular formula is C12H27NO6. The Labute approximate surface area is 114 Å². The summed E-state index contributed by atoms with van der Waals surface area (Å²) >= 11 is 0. The fourth-order valence-electron chi connectivity index (χ4n) is 1.38. The fourth-order valence-corrected chi connectivity index (χ4v) is 1.38. The molecule has 19 heavy (non-hydrogen) atoms. The Hall–Kier alpha value is -0.280. The van der Waals surface area contributed by atoms with Gasteiger partial charge in [0.05, 0.1) is 11.7 Å². The maximum Gasteiger partial charge on any atom is 0.256 e. The first kappa shape index (κ1) is 18.7. The van der Waals surface area contributed by atoms with Crippen molar-refractivity contribution in [3.05, 3.63) is 0 Å². The molecule has 3 atom stereocenters. The van der Waals surface area contributed by atoms with Gasteiger partial charge in [0, 0.05) is 6.54 Å². The molecule has 0 spiro atoms. The summed E-state index contributed by atoms with van der Waals surface area (Å²) in [6.45, 7) is 7.74. The molecule has 5 N–H and O–H groups in total. The van der Waals surface area contributed by atoms with E-state index in [9.17, 15) is 25.5 Å². The number of aliphatic hydroxyl groups excluding tert-OH is 3. The summed E-state index contributed by atoms with van der Waals surface area (Å²) in [7, 11) is 0. The van der Waals surface area contributed by atoms with Crippen molar-refractivity contribution in [2.75, 3.05) is 6.54 Å². The summed E-state index contributed by atoms with van der Waals surface area (Å²) in [6.07, 6.45) is -3.66. The molecule has 0 aromatic heterocycles. The standard InChI is InChI=1S/C12H27NO6/c1-8(14)6-7-13(12(17,18)9(2)15)10(16)19-11(3,4)5/h8-10,14-18H,6-7H2,1-5H3. The molecule has 0 heterocycles. The molecule has 0 saturated carbocycles. The first-order valence-electron chi connectivity index (χ1n) is 6.31. The lowest BCUT2D eigenvalue weighted by Gasteiger charge is -2.41. The van der Waals surface area contributed by atoms with Gasteiger partial charge in [0.15, 0.2) is 0 Å². The minimum atomic E-state index is -2.65. The number of hydrogen-bond acceptors (Lipinski definition) is 7. The van der Waals surface area contributed by atoms with Gasteiger partial charge in [-0.05, 0) is 41.0 Å². The molecule has 0 bridgehead atoms. The van der Waals surface area contributed by atoms with Crippen LogP contribution in [0.2, 0.25) is 0 Å². The van der Waals surface area contributed by atoms with Crippen LogP contribution in [0.1, 0.15) is 41.0 Å². The molecule has 0 aromatic carbocycles. The predicted octanol–water partition coefficient (Wildman–Crippen LogP) is -0.831. The molecule has 0 amide bonds. The van der Waals surface area contributed by atoms with Crippen molar-refractivity contribution in [3.63, 3.8) is 0 Å². The molecule has 0 aliphatic carbocycles. The van der Waals surface area contributed by atoms with Crippen LogP contribution < -0.4 is 0 Å².